The minimum absolute atomic E-state index is 0.163. The number of rotatable bonds is 8. The van der Waals surface area contributed by atoms with Gasteiger partial charge in [0.05, 0.1) is 0 Å². The Morgan fingerprint density at radius 1 is 0.824 bits per heavy atom. The summed E-state index contributed by atoms with van der Waals surface area (Å²) in [4.78, 5) is 38.0. The van der Waals surface area contributed by atoms with Gasteiger partial charge in [0.25, 0.3) is 11.8 Å². The van der Waals surface area contributed by atoms with Crippen molar-refractivity contribution in [3.05, 3.63) is 89.5 Å². The number of carbonyl (C=O) groups is 3. The van der Waals surface area contributed by atoms with Crippen molar-refractivity contribution in [1.82, 2.24) is 4.90 Å². The average Bonchev–Trinajstić information content (AvgIpc) is 2.83. The first-order chi connectivity index (χ1) is 16.2. The molecule has 0 aliphatic heterocycles. The van der Waals surface area contributed by atoms with E-state index < -0.39 is 12.0 Å². The molecule has 0 fully saturated rings. The molecule has 0 aliphatic carbocycles. The zero-order chi connectivity index (χ0) is 24.8. The number of carbonyl (C=O) groups excluding carboxylic acids is 2. The lowest BCUT2D eigenvalue weighted by molar-refractivity contribution is -0.143. The van der Waals surface area contributed by atoms with Crippen molar-refractivity contribution in [3.8, 4) is 11.1 Å². The molecule has 1 atom stereocenters. The molecule has 34 heavy (non-hydrogen) atoms. The maximum atomic E-state index is 12.8. The van der Waals surface area contributed by atoms with Gasteiger partial charge in [-0.15, -0.1) is 0 Å². The van der Waals surface area contributed by atoms with E-state index in [4.69, 9.17) is 0 Å². The Morgan fingerprint density at radius 2 is 1.32 bits per heavy atom. The van der Waals surface area contributed by atoms with E-state index in [2.05, 4.69) is 12.2 Å². The highest BCUT2D eigenvalue weighted by molar-refractivity contribution is 6.04. The second kappa shape index (κ2) is 10.8. The van der Waals surface area contributed by atoms with Gasteiger partial charge in [-0.05, 0) is 65.4 Å². The molecule has 0 saturated carbocycles. The lowest BCUT2D eigenvalue weighted by Gasteiger charge is -2.27. The molecule has 0 radical (unpaired) electrons. The Balaban J connectivity index is 1.68. The molecule has 0 saturated heterocycles. The molecule has 176 valence electrons. The van der Waals surface area contributed by atoms with Crippen LogP contribution in [0.25, 0.3) is 11.1 Å². The Morgan fingerprint density at radius 3 is 1.79 bits per heavy atom. The molecule has 3 aromatic carbocycles. The van der Waals surface area contributed by atoms with Crippen LogP contribution in [-0.4, -0.2) is 40.9 Å². The number of nitrogens with one attached hydrogen (secondary N) is 1. The molecule has 0 spiro atoms. The highest BCUT2D eigenvalue weighted by Gasteiger charge is 2.30. The lowest BCUT2D eigenvalue weighted by atomic mass is 10.0. The molecular weight excluding hydrogens is 428 g/mol. The number of aryl methyl sites for hydroxylation is 1. The van der Waals surface area contributed by atoms with Crippen LogP contribution >= 0.6 is 0 Å². The SMILES string of the molecule is CCc1ccc(C(=O)Nc2ccc(-c3ccc(C(=O)N(C)[C@H](C(=O)O)C(C)C)cc3)cc2)cc1. The van der Waals surface area contributed by atoms with Crippen LogP contribution < -0.4 is 5.32 Å². The topological polar surface area (TPSA) is 86.7 Å². The fourth-order valence-corrected chi connectivity index (χ4v) is 3.87. The van der Waals surface area contributed by atoms with Gasteiger partial charge in [-0.1, -0.05) is 57.2 Å². The zero-order valence-corrected chi connectivity index (χ0v) is 19.9. The minimum Gasteiger partial charge on any atom is -0.480 e. The Kier molecular flexibility index (Phi) is 7.84. The summed E-state index contributed by atoms with van der Waals surface area (Å²) < 4.78 is 0. The molecule has 0 aromatic heterocycles. The van der Waals surface area contributed by atoms with Crippen LogP contribution in [0.4, 0.5) is 5.69 Å². The average molecular weight is 459 g/mol. The lowest BCUT2D eigenvalue weighted by Crippen LogP contribution is -2.45. The molecule has 0 heterocycles. The maximum Gasteiger partial charge on any atom is 0.326 e. The number of hydrogen-bond donors (Lipinski definition) is 2. The monoisotopic (exact) mass is 458 g/mol. The number of carboxylic acid groups (broad SMARTS) is 1. The fourth-order valence-electron chi connectivity index (χ4n) is 3.87. The van der Waals surface area contributed by atoms with Crippen molar-refractivity contribution >= 4 is 23.5 Å². The number of amides is 2. The zero-order valence-electron chi connectivity index (χ0n) is 19.9. The molecule has 6 heteroatoms. The van der Waals surface area contributed by atoms with Crippen molar-refractivity contribution in [1.29, 1.82) is 0 Å². The number of likely N-dealkylation sites (N-methyl/N-ethyl adjacent to an activating group) is 1. The normalized spacial score (nSPS) is 11.7. The van der Waals surface area contributed by atoms with Gasteiger partial charge in [-0.25, -0.2) is 4.79 Å². The van der Waals surface area contributed by atoms with Gasteiger partial charge >= 0.3 is 5.97 Å². The van der Waals surface area contributed by atoms with E-state index in [-0.39, 0.29) is 17.7 Å². The molecule has 3 aromatic rings. The summed E-state index contributed by atoms with van der Waals surface area (Å²) in [5.74, 6) is -1.73. The third-order valence-corrected chi connectivity index (χ3v) is 5.85. The van der Waals surface area contributed by atoms with E-state index in [9.17, 15) is 19.5 Å². The third-order valence-electron chi connectivity index (χ3n) is 5.85. The predicted molar refractivity (Wildman–Crippen MR) is 134 cm³/mol. The summed E-state index contributed by atoms with van der Waals surface area (Å²) in [5, 5.41) is 12.3. The van der Waals surface area contributed by atoms with E-state index in [1.165, 1.54) is 17.5 Å². The summed E-state index contributed by atoms with van der Waals surface area (Å²) in [6.45, 7) is 5.63. The Labute approximate surface area is 200 Å². The van der Waals surface area contributed by atoms with Crippen molar-refractivity contribution in [2.24, 2.45) is 5.92 Å². The van der Waals surface area contributed by atoms with Gasteiger partial charge in [0.15, 0.2) is 0 Å². The van der Waals surface area contributed by atoms with Gasteiger partial charge in [-0.3, -0.25) is 9.59 Å². The number of benzene rings is 3. The molecule has 0 unspecified atom stereocenters. The van der Waals surface area contributed by atoms with Crippen molar-refractivity contribution in [3.63, 3.8) is 0 Å². The largest absolute Gasteiger partial charge is 0.480 e. The number of hydrogen-bond acceptors (Lipinski definition) is 3. The highest BCUT2D eigenvalue weighted by Crippen LogP contribution is 2.23. The first kappa shape index (κ1) is 24.7. The van der Waals surface area contributed by atoms with Crippen LogP contribution in [0, 0.1) is 5.92 Å². The molecule has 3 rings (SSSR count). The second-order valence-electron chi connectivity index (χ2n) is 8.60. The van der Waals surface area contributed by atoms with Gasteiger partial charge in [0.2, 0.25) is 0 Å². The van der Waals surface area contributed by atoms with Crippen LogP contribution in [0.5, 0.6) is 0 Å². The summed E-state index contributed by atoms with van der Waals surface area (Å²) >= 11 is 0. The van der Waals surface area contributed by atoms with Gasteiger partial charge in [-0.2, -0.15) is 0 Å². The molecule has 2 N–H and O–H groups in total. The second-order valence-corrected chi connectivity index (χ2v) is 8.60. The van der Waals surface area contributed by atoms with E-state index in [1.807, 2.05) is 60.7 Å². The van der Waals surface area contributed by atoms with E-state index >= 15 is 0 Å². The standard InChI is InChI=1S/C28H30N2O4/c1-5-19-6-8-22(9-7-19)26(31)29-24-16-14-21(15-17-24)20-10-12-23(13-11-20)27(32)30(4)25(18(2)3)28(33)34/h6-18,25H,5H2,1-4H3,(H,29,31)(H,33,34)/t25-/m0/s1. The van der Waals surface area contributed by atoms with Crippen LogP contribution in [-0.2, 0) is 11.2 Å². The van der Waals surface area contributed by atoms with Crippen molar-refractivity contribution in [2.45, 2.75) is 33.2 Å². The number of nitrogens with zero attached hydrogens (tertiary/aromatic N) is 1. The molecule has 0 bridgehead atoms. The number of carboxylic acids is 1. The van der Waals surface area contributed by atoms with Gasteiger partial charge in [0.1, 0.15) is 6.04 Å². The summed E-state index contributed by atoms with van der Waals surface area (Å²) in [6, 6.07) is 21.2. The quantitative estimate of drug-likeness (QED) is 0.476. The van der Waals surface area contributed by atoms with Gasteiger partial charge < -0.3 is 15.3 Å². The minimum atomic E-state index is -1.02. The first-order valence-corrected chi connectivity index (χ1v) is 11.3. The van der Waals surface area contributed by atoms with E-state index in [1.54, 1.807) is 26.0 Å². The maximum absolute atomic E-state index is 12.8. The van der Waals surface area contributed by atoms with Crippen LogP contribution in [0.1, 0.15) is 47.1 Å². The highest BCUT2D eigenvalue weighted by atomic mass is 16.4. The van der Waals surface area contributed by atoms with Crippen LogP contribution in [0.3, 0.4) is 0 Å². The van der Waals surface area contributed by atoms with E-state index in [0.717, 1.165) is 17.5 Å². The van der Waals surface area contributed by atoms with Gasteiger partial charge in [0, 0.05) is 23.9 Å². The summed E-state index contributed by atoms with van der Waals surface area (Å²) in [5.41, 5.74) is 4.75. The van der Waals surface area contributed by atoms with Crippen LogP contribution in [0.15, 0.2) is 72.8 Å². The molecule has 0 aliphatic rings. The van der Waals surface area contributed by atoms with E-state index in [0.29, 0.717) is 16.8 Å². The fraction of sp³-hybridized carbons (Fsp3) is 0.250. The summed E-state index contributed by atoms with van der Waals surface area (Å²) in [6.07, 6.45) is 0.927. The number of anilines is 1. The van der Waals surface area contributed by atoms with Crippen molar-refractivity contribution < 1.29 is 19.5 Å². The summed E-state index contributed by atoms with van der Waals surface area (Å²) in [7, 11) is 1.51. The molecular formula is C28H30N2O4. The number of aliphatic carboxylic acids is 1. The van der Waals surface area contributed by atoms with Crippen LogP contribution in [0.2, 0.25) is 0 Å². The predicted octanol–water partition coefficient (Wildman–Crippen LogP) is 5.35. The Bertz CT molecular complexity index is 1150. The third kappa shape index (κ3) is 5.70. The van der Waals surface area contributed by atoms with Crippen molar-refractivity contribution in [2.75, 3.05) is 12.4 Å². The molecule has 2 amide bonds. The smallest absolute Gasteiger partial charge is 0.326 e. The molecule has 6 nitrogen and oxygen atoms in total. The Hall–Kier alpha value is -3.93. The first-order valence-electron chi connectivity index (χ1n) is 11.3.